The van der Waals surface area contributed by atoms with Crippen LogP contribution in [0.4, 0.5) is 5.82 Å². The van der Waals surface area contributed by atoms with Crippen molar-refractivity contribution in [1.29, 1.82) is 0 Å². The highest BCUT2D eigenvalue weighted by molar-refractivity contribution is 9.10. The molecule has 31 heavy (non-hydrogen) atoms. The summed E-state index contributed by atoms with van der Waals surface area (Å²) >= 11 is 9.90. The first-order chi connectivity index (χ1) is 14.8. The third-order valence-electron chi connectivity index (χ3n) is 5.13. The molecule has 7 nitrogen and oxygen atoms in total. The molecule has 0 saturated carbocycles. The van der Waals surface area contributed by atoms with Crippen molar-refractivity contribution < 1.29 is 9.53 Å². The van der Waals surface area contributed by atoms with Crippen molar-refractivity contribution >= 4 is 56.4 Å². The van der Waals surface area contributed by atoms with Gasteiger partial charge in [0.2, 0.25) is 0 Å². The second kappa shape index (κ2) is 9.06. The van der Waals surface area contributed by atoms with Crippen molar-refractivity contribution in [3.05, 3.63) is 50.7 Å². The molecule has 3 heterocycles. The van der Waals surface area contributed by atoms with E-state index in [2.05, 4.69) is 31.0 Å². The van der Waals surface area contributed by atoms with Gasteiger partial charge in [-0.15, -0.1) is 0 Å². The first kappa shape index (κ1) is 21.9. The van der Waals surface area contributed by atoms with Crippen LogP contribution in [0.15, 0.2) is 33.9 Å². The van der Waals surface area contributed by atoms with Crippen LogP contribution in [0.5, 0.6) is 0 Å². The third-order valence-corrected chi connectivity index (χ3v) is 6.23. The minimum atomic E-state index is -0.190. The summed E-state index contributed by atoms with van der Waals surface area (Å²) < 4.78 is 8.38. The fraction of sp³-hybridized carbons (Fsp3) is 0.364. The molecule has 0 spiro atoms. The Morgan fingerprint density at radius 2 is 2.16 bits per heavy atom. The first-order valence-electron chi connectivity index (χ1n) is 10.1. The van der Waals surface area contributed by atoms with Gasteiger partial charge in [0, 0.05) is 42.3 Å². The number of hydrogen-bond acceptors (Lipinski definition) is 5. The van der Waals surface area contributed by atoms with E-state index < -0.39 is 0 Å². The lowest BCUT2D eigenvalue weighted by molar-refractivity contribution is -0.0390. The van der Waals surface area contributed by atoms with Gasteiger partial charge in [0.25, 0.3) is 0 Å². The van der Waals surface area contributed by atoms with Crippen LogP contribution in [0.25, 0.3) is 10.9 Å². The maximum absolute atomic E-state index is 13.6. The molecule has 1 unspecified atom stereocenters. The molecule has 0 amide bonds. The summed E-state index contributed by atoms with van der Waals surface area (Å²) in [6, 6.07) is 5.20. The van der Waals surface area contributed by atoms with E-state index in [1.54, 1.807) is 34.1 Å². The number of aromatic nitrogens is 3. The number of rotatable bonds is 5. The number of benzene rings is 1. The predicted molar refractivity (Wildman–Crippen MR) is 126 cm³/mol. The van der Waals surface area contributed by atoms with Gasteiger partial charge in [0.1, 0.15) is 11.7 Å². The molecule has 0 N–H and O–H groups in total. The standard InChI is InChI=1S/C22H23BrClN5O2/c1-13-17(23)10-15(22(26-13)25-12-28(2)3)21(30)14-7-8-18(24)20-16(14)11-29(27-20)19-6-4-5-9-31-19/h7-8,10-12,19H,4-6,9H2,1-3H3. The molecule has 9 heteroatoms. The quantitative estimate of drug-likeness (QED) is 0.268. The molecule has 0 bridgehead atoms. The molecule has 3 aromatic rings. The Labute approximate surface area is 194 Å². The lowest BCUT2D eigenvalue weighted by atomic mass is 10.0. The number of pyridine rings is 1. The minimum absolute atomic E-state index is 0.143. The number of nitrogens with zero attached hydrogens (tertiary/aromatic N) is 5. The van der Waals surface area contributed by atoms with Gasteiger partial charge in [-0.05, 0) is 60.3 Å². The molecule has 162 valence electrons. The molecule has 4 rings (SSSR count). The van der Waals surface area contributed by atoms with E-state index in [0.29, 0.717) is 39.5 Å². The summed E-state index contributed by atoms with van der Waals surface area (Å²) in [4.78, 5) is 24.3. The van der Waals surface area contributed by atoms with Gasteiger partial charge in [-0.25, -0.2) is 14.7 Å². The van der Waals surface area contributed by atoms with E-state index >= 15 is 0 Å². The van der Waals surface area contributed by atoms with E-state index in [4.69, 9.17) is 16.3 Å². The number of aliphatic imine (C=N–C) groups is 1. The normalized spacial score (nSPS) is 16.9. The van der Waals surface area contributed by atoms with Crippen LogP contribution in [-0.4, -0.2) is 52.5 Å². The van der Waals surface area contributed by atoms with Crippen LogP contribution < -0.4 is 0 Å². The average Bonchev–Trinajstić information content (AvgIpc) is 3.21. The van der Waals surface area contributed by atoms with Crippen molar-refractivity contribution in [2.45, 2.75) is 32.4 Å². The van der Waals surface area contributed by atoms with Gasteiger partial charge in [0.05, 0.1) is 22.6 Å². The highest BCUT2D eigenvalue weighted by Crippen LogP contribution is 2.33. The topological polar surface area (TPSA) is 72.6 Å². The van der Waals surface area contributed by atoms with Crippen molar-refractivity contribution in [3.63, 3.8) is 0 Å². The Bertz CT molecular complexity index is 1170. The molecule has 1 saturated heterocycles. The molecule has 0 aliphatic carbocycles. The Kier molecular flexibility index (Phi) is 6.41. The van der Waals surface area contributed by atoms with Gasteiger partial charge in [-0.1, -0.05) is 11.6 Å². The SMILES string of the molecule is Cc1nc(N=CN(C)C)c(C(=O)c2ccc(Cl)c3nn(C4CCCCO4)cc23)cc1Br. The number of fused-ring (bicyclic) bond motifs is 1. The molecule has 1 atom stereocenters. The van der Waals surface area contributed by atoms with Gasteiger partial charge in [-0.3, -0.25) is 4.79 Å². The number of carbonyl (C=O) groups is 1. The third kappa shape index (κ3) is 4.51. The van der Waals surface area contributed by atoms with Crippen LogP contribution in [0.2, 0.25) is 5.02 Å². The van der Waals surface area contributed by atoms with E-state index in [1.807, 2.05) is 27.2 Å². The summed E-state index contributed by atoms with van der Waals surface area (Å²) in [6.07, 6.45) is 6.35. The van der Waals surface area contributed by atoms with Crippen LogP contribution in [-0.2, 0) is 4.74 Å². The van der Waals surface area contributed by atoms with E-state index in [9.17, 15) is 4.79 Å². The summed E-state index contributed by atoms with van der Waals surface area (Å²) in [5, 5.41) is 5.81. The maximum atomic E-state index is 13.6. The van der Waals surface area contributed by atoms with Gasteiger partial charge < -0.3 is 9.64 Å². The van der Waals surface area contributed by atoms with E-state index in [-0.39, 0.29) is 12.0 Å². The number of carbonyl (C=O) groups excluding carboxylic acids is 1. The fourth-order valence-electron chi connectivity index (χ4n) is 3.52. The summed E-state index contributed by atoms with van der Waals surface area (Å²) in [7, 11) is 3.72. The highest BCUT2D eigenvalue weighted by Gasteiger charge is 2.23. The second-order valence-corrected chi connectivity index (χ2v) is 9.01. The number of ketones is 1. The number of aryl methyl sites for hydroxylation is 1. The van der Waals surface area contributed by atoms with E-state index in [1.165, 1.54) is 0 Å². The molecule has 1 aliphatic heterocycles. The zero-order valence-corrected chi connectivity index (χ0v) is 19.9. The van der Waals surface area contributed by atoms with Crippen molar-refractivity contribution in [2.24, 2.45) is 4.99 Å². The average molecular weight is 505 g/mol. The zero-order chi connectivity index (χ0) is 22.1. The van der Waals surface area contributed by atoms with Crippen LogP contribution >= 0.6 is 27.5 Å². The lowest BCUT2D eigenvalue weighted by Crippen LogP contribution is -2.18. The largest absolute Gasteiger partial charge is 0.369 e. The van der Waals surface area contributed by atoms with Crippen LogP contribution in [0.1, 0.15) is 47.1 Å². The van der Waals surface area contributed by atoms with Gasteiger partial charge >= 0.3 is 0 Å². The lowest BCUT2D eigenvalue weighted by Gasteiger charge is -2.22. The Morgan fingerprint density at radius 1 is 1.35 bits per heavy atom. The number of hydrogen-bond donors (Lipinski definition) is 0. The molecule has 1 aromatic carbocycles. The number of ether oxygens (including phenoxy) is 1. The van der Waals surface area contributed by atoms with Crippen LogP contribution in [0, 0.1) is 6.92 Å². The Balaban J connectivity index is 1.82. The summed E-state index contributed by atoms with van der Waals surface area (Å²) in [5.74, 6) is 0.176. The van der Waals surface area contributed by atoms with Crippen molar-refractivity contribution in [2.75, 3.05) is 20.7 Å². The summed E-state index contributed by atoms with van der Waals surface area (Å²) in [5.41, 5.74) is 2.24. The Morgan fingerprint density at radius 3 is 2.87 bits per heavy atom. The molecular weight excluding hydrogens is 482 g/mol. The minimum Gasteiger partial charge on any atom is -0.369 e. The second-order valence-electron chi connectivity index (χ2n) is 7.75. The predicted octanol–water partition coefficient (Wildman–Crippen LogP) is 5.31. The number of halogens is 2. The summed E-state index contributed by atoms with van der Waals surface area (Å²) in [6.45, 7) is 2.57. The van der Waals surface area contributed by atoms with Gasteiger partial charge in [-0.2, -0.15) is 5.10 Å². The van der Waals surface area contributed by atoms with Gasteiger partial charge in [0.15, 0.2) is 11.6 Å². The van der Waals surface area contributed by atoms with Crippen molar-refractivity contribution in [3.8, 4) is 0 Å². The molecule has 1 fully saturated rings. The smallest absolute Gasteiger partial charge is 0.197 e. The highest BCUT2D eigenvalue weighted by atomic mass is 79.9. The molecular formula is C22H23BrClN5O2. The molecule has 0 radical (unpaired) electrons. The molecule has 2 aromatic heterocycles. The molecule has 1 aliphatic rings. The van der Waals surface area contributed by atoms with E-state index in [0.717, 1.165) is 29.4 Å². The Hall–Kier alpha value is -2.29. The monoisotopic (exact) mass is 503 g/mol. The van der Waals surface area contributed by atoms with Crippen molar-refractivity contribution in [1.82, 2.24) is 19.7 Å². The fourth-order valence-corrected chi connectivity index (χ4v) is 4.04. The zero-order valence-electron chi connectivity index (χ0n) is 17.6. The maximum Gasteiger partial charge on any atom is 0.197 e. The first-order valence-corrected chi connectivity index (χ1v) is 11.2. The van der Waals surface area contributed by atoms with Crippen LogP contribution in [0.3, 0.4) is 0 Å².